The minimum atomic E-state index is -1.00. The van der Waals surface area contributed by atoms with Crippen LogP contribution in [-0.2, 0) is 0 Å². The number of hydrogen-bond acceptors (Lipinski definition) is 4. The van der Waals surface area contributed by atoms with Crippen molar-refractivity contribution in [1.29, 1.82) is 0 Å². The minimum absolute atomic E-state index is 0.0424. The molecule has 0 saturated carbocycles. The molecule has 1 aromatic heterocycles. The van der Waals surface area contributed by atoms with Crippen molar-refractivity contribution in [2.75, 3.05) is 0 Å². The maximum atomic E-state index is 10.1. The molecule has 17 heavy (non-hydrogen) atoms. The van der Waals surface area contributed by atoms with Gasteiger partial charge in [0.1, 0.15) is 17.6 Å². The van der Waals surface area contributed by atoms with E-state index in [1.807, 2.05) is 0 Å². The van der Waals surface area contributed by atoms with E-state index in [-0.39, 0.29) is 17.1 Å². The van der Waals surface area contributed by atoms with E-state index in [0.717, 1.165) is 0 Å². The van der Waals surface area contributed by atoms with Crippen molar-refractivity contribution in [1.82, 2.24) is 4.98 Å². The summed E-state index contributed by atoms with van der Waals surface area (Å²) in [6, 6.07) is 6.18. The standard InChI is InChI=1S/C13H13NO3/c1-8-5-12(16)10(6-11(8)15)13(17)9-3-2-4-14-7-9/h2-7,13,15-17H,1H3. The maximum Gasteiger partial charge on any atom is 0.122 e. The molecule has 0 amide bonds. The number of aliphatic hydroxyl groups is 1. The summed E-state index contributed by atoms with van der Waals surface area (Å²) >= 11 is 0. The summed E-state index contributed by atoms with van der Waals surface area (Å²) in [5, 5.41) is 29.4. The summed E-state index contributed by atoms with van der Waals surface area (Å²) in [6.45, 7) is 1.68. The molecule has 4 nitrogen and oxygen atoms in total. The maximum absolute atomic E-state index is 10.1. The average molecular weight is 231 g/mol. The van der Waals surface area contributed by atoms with Gasteiger partial charge in [-0.2, -0.15) is 0 Å². The zero-order valence-electron chi connectivity index (χ0n) is 9.33. The highest BCUT2D eigenvalue weighted by Crippen LogP contribution is 2.33. The molecule has 88 valence electrons. The predicted octanol–water partition coefficient (Wildman–Crippen LogP) is 1.88. The van der Waals surface area contributed by atoms with Crippen molar-refractivity contribution < 1.29 is 15.3 Å². The Morgan fingerprint density at radius 3 is 2.59 bits per heavy atom. The molecule has 0 fully saturated rings. The van der Waals surface area contributed by atoms with Crippen LogP contribution in [0.15, 0.2) is 36.7 Å². The first kappa shape index (κ1) is 11.4. The highest BCUT2D eigenvalue weighted by atomic mass is 16.3. The molecule has 0 aliphatic rings. The normalized spacial score (nSPS) is 12.4. The Kier molecular flexibility index (Phi) is 2.97. The Hall–Kier alpha value is -2.07. The third-order valence-electron chi connectivity index (χ3n) is 2.64. The van der Waals surface area contributed by atoms with E-state index >= 15 is 0 Å². The molecule has 1 heterocycles. The molecule has 0 bridgehead atoms. The summed E-state index contributed by atoms with van der Waals surface area (Å²) in [6.07, 6.45) is 2.11. The highest BCUT2D eigenvalue weighted by Gasteiger charge is 2.16. The van der Waals surface area contributed by atoms with E-state index < -0.39 is 6.10 Å². The van der Waals surface area contributed by atoms with E-state index in [1.165, 1.54) is 18.3 Å². The molecular weight excluding hydrogens is 218 g/mol. The molecule has 0 aliphatic heterocycles. The highest BCUT2D eigenvalue weighted by molar-refractivity contribution is 5.47. The Balaban J connectivity index is 2.44. The van der Waals surface area contributed by atoms with Gasteiger partial charge < -0.3 is 15.3 Å². The summed E-state index contributed by atoms with van der Waals surface area (Å²) < 4.78 is 0. The minimum Gasteiger partial charge on any atom is -0.508 e. The van der Waals surface area contributed by atoms with Gasteiger partial charge in [0, 0.05) is 23.5 Å². The Labute approximate surface area is 98.8 Å². The van der Waals surface area contributed by atoms with Crippen LogP contribution in [0, 0.1) is 6.92 Å². The van der Waals surface area contributed by atoms with Crippen LogP contribution in [0.2, 0.25) is 0 Å². The van der Waals surface area contributed by atoms with E-state index in [4.69, 9.17) is 0 Å². The van der Waals surface area contributed by atoms with Crippen LogP contribution < -0.4 is 0 Å². The largest absolute Gasteiger partial charge is 0.508 e. The summed E-state index contributed by atoms with van der Waals surface area (Å²) in [5.74, 6) is -0.00241. The first-order valence-corrected chi connectivity index (χ1v) is 5.20. The second-order valence-electron chi connectivity index (χ2n) is 3.89. The lowest BCUT2D eigenvalue weighted by Crippen LogP contribution is -2.00. The number of phenolic OH excluding ortho intramolecular Hbond substituents is 2. The smallest absolute Gasteiger partial charge is 0.122 e. The number of aromatic nitrogens is 1. The molecule has 0 spiro atoms. The predicted molar refractivity (Wildman–Crippen MR) is 62.8 cm³/mol. The monoisotopic (exact) mass is 231 g/mol. The molecule has 0 radical (unpaired) electrons. The first-order chi connectivity index (χ1) is 8.09. The molecule has 4 heteroatoms. The van der Waals surface area contributed by atoms with E-state index in [2.05, 4.69) is 4.98 Å². The second kappa shape index (κ2) is 4.43. The molecule has 0 saturated heterocycles. The van der Waals surface area contributed by atoms with Gasteiger partial charge in [-0.15, -0.1) is 0 Å². The van der Waals surface area contributed by atoms with Crippen LogP contribution in [-0.4, -0.2) is 20.3 Å². The zero-order chi connectivity index (χ0) is 12.4. The number of benzene rings is 1. The summed E-state index contributed by atoms with van der Waals surface area (Å²) in [5.41, 5.74) is 1.39. The van der Waals surface area contributed by atoms with Crippen LogP contribution in [0.5, 0.6) is 11.5 Å². The summed E-state index contributed by atoms with van der Waals surface area (Å²) in [4.78, 5) is 3.90. The molecule has 1 aromatic carbocycles. The Bertz CT molecular complexity index is 526. The molecular formula is C13H13NO3. The van der Waals surface area contributed by atoms with Gasteiger partial charge in [-0.05, 0) is 30.7 Å². The van der Waals surface area contributed by atoms with E-state index in [1.54, 1.807) is 25.3 Å². The van der Waals surface area contributed by atoms with Gasteiger partial charge in [0.15, 0.2) is 0 Å². The average Bonchev–Trinajstić information content (AvgIpc) is 2.34. The fourth-order valence-electron chi connectivity index (χ4n) is 1.63. The number of hydrogen-bond donors (Lipinski definition) is 3. The third kappa shape index (κ3) is 2.21. The van der Waals surface area contributed by atoms with E-state index in [9.17, 15) is 15.3 Å². The second-order valence-corrected chi connectivity index (χ2v) is 3.89. The van der Waals surface area contributed by atoms with Gasteiger partial charge in [-0.25, -0.2) is 0 Å². The van der Waals surface area contributed by atoms with Crippen LogP contribution >= 0.6 is 0 Å². The quantitative estimate of drug-likeness (QED) is 0.690. The number of aliphatic hydroxyl groups excluding tert-OH is 1. The van der Waals surface area contributed by atoms with Crippen LogP contribution in [0.1, 0.15) is 22.8 Å². The lowest BCUT2D eigenvalue weighted by atomic mass is 10.0. The summed E-state index contributed by atoms with van der Waals surface area (Å²) in [7, 11) is 0. The number of aromatic hydroxyl groups is 2. The van der Waals surface area contributed by atoms with Crippen LogP contribution in [0.3, 0.4) is 0 Å². The first-order valence-electron chi connectivity index (χ1n) is 5.20. The fraction of sp³-hybridized carbons (Fsp3) is 0.154. The van der Waals surface area contributed by atoms with Crippen molar-refractivity contribution in [3.8, 4) is 11.5 Å². The van der Waals surface area contributed by atoms with Gasteiger partial charge in [0.05, 0.1) is 0 Å². The van der Waals surface area contributed by atoms with E-state index in [0.29, 0.717) is 11.1 Å². The number of aryl methyl sites for hydroxylation is 1. The topological polar surface area (TPSA) is 73.6 Å². The number of pyridine rings is 1. The van der Waals surface area contributed by atoms with Gasteiger partial charge in [0.2, 0.25) is 0 Å². The van der Waals surface area contributed by atoms with Gasteiger partial charge >= 0.3 is 0 Å². The van der Waals surface area contributed by atoms with Crippen molar-refractivity contribution in [3.63, 3.8) is 0 Å². The zero-order valence-corrected chi connectivity index (χ0v) is 9.33. The van der Waals surface area contributed by atoms with Crippen LogP contribution in [0.4, 0.5) is 0 Å². The van der Waals surface area contributed by atoms with Crippen LogP contribution in [0.25, 0.3) is 0 Å². The molecule has 1 atom stereocenters. The Morgan fingerprint density at radius 1 is 1.18 bits per heavy atom. The lowest BCUT2D eigenvalue weighted by molar-refractivity contribution is 0.214. The lowest BCUT2D eigenvalue weighted by Gasteiger charge is -2.14. The number of nitrogens with zero attached hydrogens (tertiary/aromatic N) is 1. The Morgan fingerprint density at radius 2 is 1.94 bits per heavy atom. The number of phenols is 2. The third-order valence-corrected chi connectivity index (χ3v) is 2.64. The van der Waals surface area contributed by atoms with Crippen molar-refractivity contribution >= 4 is 0 Å². The number of rotatable bonds is 2. The molecule has 0 aliphatic carbocycles. The van der Waals surface area contributed by atoms with Gasteiger partial charge in [-0.1, -0.05) is 6.07 Å². The fourth-order valence-corrected chi connectivity index (χ4v) is 1.63. The van der Waals surface area contributed by atoms with Crippen molar-refractivity contribution in [3.05, 3.63) is 53.3 Å². The molecule has 3 N–H and O–H groups in total. The van der Waals surface area contributed by atoms with Gasteiger partial charge in [0.25, 0.3) is 0 Å². The SMILES string of the molecule is Cc1cc(O)c(C(O)c2cccnc2)cc1O. The molecule has 2 rings (SSSR count). The van der Waals surface area contributed by atoms with Crippen molar-refractivity contribution in [2.45, 2.75) is 13.0 Å². The molecule has 1 unspecified atom stereocenters. The van der Waals surface area contributed by atoms with Gasteiger partial charge in [-0.3, -0.25) is 4.98 Å². The van der Waals surface area contributed by atoms with Crippen molar-refractivity contribution in [2.24, 2.45) is 0 Å². The molecule has 2 aromatic rings.